The number of halogens is 1. The molecule has 0 atom stereocenters. The molecule has 0 aliphatic carbocycles. The van der Waals surface area contributed by atoms with Crippen molar-refractivity contribution in [3.63, 3.8) is 0 Å². The van der Waals surface area contributed by atoms with Crippen LogP contribution in [0.1, 0.15) is 20.8 Å². The predicted octanol–water partition coefficient (Wildman–Crippen LogP) is 2.84. The van der Waals surface area contributed by atoms with Gasteiger partial charge in [0.15, 0.2) is 11.5 Å². The number of aryl methyl sites for hydroxylation is 1. The van der Waals surface area contributed by atoms with Crippen molar-refractivity contribution in [2.24, 2.45) is 5.10 Å². The number of anilines is 1. The lowest BCUT2D eigenvalue weighted by Gasteiger charge is -2.02. The van der Waals surface area contributed by atoms with E-state index in [1.54, 1.807) is 12.1 Å². The summed E-state index contributed by atoms with van der Waals surface area (Å²) in [4.78, 5) is 21.7. The zero-order valence-electron chi connectivity index (χ0n) is 13.4. The summed E-state index contributed by atoms with van der Waals surface area (Å²) in [5.41, 5.74) is 9.88. The molecule has 0 bridgehead atoms. The maximum Gasteiger partial charge on any atom is 0.281 e. The van der Waals surface area contributed by atoms with Gasteiger partial charge >= 0.3 is 0 Å². The lowest BCUT2D eigenvalue weighted by atomic mass is 10.2. The lowest BCUT2D eigenvalue weighted by molar-refractivity contribution is 0.0958. The number of nitrogen functional groups attached to an aromatic ring is 1. The normalized spacial score (nSPS) is 12.8. The molecule has 0 radical (unpaired) electrons. The quantitative estimate of drug-likeness (QED) is 0.485. The monoisotopic (exact) mass is 433 g/mol. The van der Waals surface area contributed by atoms with E-state index in [1.807, 2.05) is 6.92 Å². The summed E-state index contributed by atoms with van der Waals surface area (Å²) in [5.74, 6) is 1.32. The summed E-state index contributed by atoms with van der Waals surface area (Å²) >= 11 is 4.69. The van der Waals surface area contributed by atoms with Crippen LogP contribution in [0.5, 0.6) is 11.5 Å². The Kier molecular flexibility index (Phi) is 4.21. The number of nitrogens with one attached hydrogen (secondary N) is 1. The number of nitrogens with two attached hydrogens (primary N) is 1. The van der Waals surface area contributed by atoms with Crippen LogP contribution in [0, 0.1) is 6.92 Å². The average molecular weight is 434 g/mol. The zero-order valence-corrected chi connectivity index (χ0v) is 15.8. The molecule has 26 heavy (non-hydrogen) atoms. The molecule has 2 aromatic heterocycles. The van der Waals surface area contributed by atoms with Gasteiger partial charge in [-0.05, 0) is 40.5 Å². The van der Waals surface area contributed by atoms with Crippen LogP contribution in [0.25, 0.3) is 10.2 Å². The maximum absolute atomic E-state index is 12.4. The molecule has 8 nitrogen and oxygen atoms in total. The van der Waals surface area contributed by atoms with Crippen LogP contribution in [-0.2, 0) is 0 Å². The van der Waals surface area contributed by atoms with Gasteiger partial charge in [-0.3, -0.25) is 4.79 Å². The highest BCUT2D eigenvalue weighted by molar-refractivity contribution is 9.10. The number of hydrazone groups is 1. The fourth-order valence-corrected chi connectivity index (χ4v) is 4.03. The van der Waals surface area contributed by atoms with Gasteiger partial charge in [0.2, 0.25) is 6.79 Å². The highest BCUT2D eigenvalue weighted by atomic mass is 79.9. The number of rotatable bonds is 3. The minimum absolute atomic E-state index is 0.191. The Morgan fingerprint density at radius 3 is 2.92 bits per heavy atom. The minimum atomic E-state index is -0.335. The van der Waals surface area contributed by atoms with Crippen LogP contribution in [0.4, 0.5) is 5.82 Å². The van der Waals surface area contributed by atoms with Crippen LogP contribution in [-0.4, -0.2) is 28.9 Å². The molecule has 4 rings (SSSR count). The van der Waals surface area contributed by atoms with Crippen LogP contribution in [0.2, 0.25) is 0 Å². The van der Waals surface area contributed by atoms with Crippen LogP contribution in [0.15, 0.2) is 28.0 Å². The topological polar surface area (TPSA) is 112 Å². The van der Waals surface area contributed by atoms with Crippen molar-refractivity contribution in [3.05, 3.63) is 38.9 Å². The molecule has 1 aliphatic heterocycles. The molecule has 0 saturated carbocycles. The van der Waals surface area contributed by atoms with Crippen molar-refractivity contribution < 1.29 is 14.3 Å². The van der Waals surface area contributed by atoms with Gasteiger partial charge in [-0.2, -0.15) is 5.10 Å². The molecule has 3 N–H and O–H groups in total. The Bertz CT molecular complexity index is 1070. The minimum Gasteiger partial charge on any atom is -0.454 e. The van der Waals surface area contributed by atoms with Crippen molar-refractivity contribution in [1.29, 1.82) is 0 Å². The van der Waals surface area contributed by atoms with Crippen LogP contribution < -0.4 is 20.6 Å². The molecular formula is C16H12BrN5O3S. The largest absolute Gasteiger partial charge is 0.454 e. The second-order valence-electron chi connectivity index (χ2n) is 5.42. The first-order valence-electron chi connectivity index (χ1n) is 7.46. The second-order valence-corrected chi connectivity index (χ2v) is 7.27. The SMILES string of the molecule is Cc1c(C(=O)N/N=C\c2cc3c(cc2Br)OCO3)sc2ncnc(N)c12. The fourth-order valence-electron chi connectivity index (χ4n) is 2.56. The summed E-state index contributed by atoms with van der Waals surface area (Å²) in [6, 6.07) is 3.58. The molecule has 1 amide bonds. The van der Waals surface area contributed by atoms with Gasteiger partial charge < -0.3 is 15.2 Å². The third-order valence-corrected chi connectivity index (χ3v) is 5.71. The van der Waals surface area contributed by atoms with Gasteiger partial charge in [0.05, 0.1) is 16.5 Å². The third-order valence-electron chi connectivity index (χ3n) is 3.82. The first kappa shape index (κ1) is 16.7. The second kappa shape index (κ2) is 6.54. The maximum atomic E-state index is 12.4. The van der Waals surface area contributed by atoms with Gasteiger partial charge in [-0.15, -0.1) is 11.3 Å². The Balaban J connectivity index is 1.55. The van der Waals surface area contributed by atoms with Crippen molar-refractivity contribution >= 4 is 55.4 Å². The number of aromatic nitrogens is 2. The van der Waals surface area contributed by atoms with E-state index in [-0.39, 0.29) is 12.7 Å². The number of hydrogen-bond donors (Lipinski definition) is 2. The first-order valence-corrected chi connectivity index (χ1v) is 9.07. The summed E-state index contributed by atoms with van der Waals surface area (Å²) in [6.45, 7) is 2.00. The Morgan fingerprint density at radius 2 is 2.15 bits per heavy atom. The summed E-state index contributed by atoms with van der Waals surface area (Å²) < 4.78 is 11.4. The molecule has 0 saturated heterocycles. The van der Waals surface area contributed by atoms with E-state index >= 15 is 0 Å². The van der Waals surface area contributed by atoms with E-state index in [4.69, 9.17) is 15.2 Å². The van der Waals surface area contributed by atoms with Crippen molar-refractivity contribution in [2.75, 3.05) is 12.5 Å². The number of thiophene rings is 1. The smallest absolute Gasteiger partial charge is 0.281 e. The molecule has 1 aromatic carbocycles. The highest BCUT2D eigenvalue weighted by Crippen LogP contribution is 2.36. The van der Waals surface area contributed by atoms with Gasteiger partial charge in [0.1, 0.15) is 17.0 Å². The van der Waals surface area contributed by atoms with Crippen molar-refractivity contribution in [2.45, 2.75) is 6.92 Å². The Morgan fingerprint density at radius 1 is 1.38 bits per heavy atom. The number of nitrogens with zero attached hydrogens (tertiary/aromatic N) is 3. The molecule has 0 fully saturated rings. The molecule has 3 aromatic rings. The van der Waals surface area contributed by atoms with Gasteiger partial charge in [0, 0.05) is 10.0 Å². The number of hydrogen-bond acceptors (Lipinski definition) is 8. The van der Waals surface area contributed by atoms with E-state index in [0.29, 0.717) is 32.4 Å². The number of carbonyl (C=O) groups excluding carboxylic acids is 1. The molecular weight excluding hydrogens is 422 g/mol. The Hall–Kier alpha value is -2.72. The van der Waals surface area contributed by atoms with Gasteiger partial charge in [-0.1, -0.05) is 0 Å². The van der Waals surface area contributed by atoms with Crippen molar-refractivity contribution in [3.8, 4) is 11.5 Å². The first-order chi connectivity index (χ1) is 12.5. The number of benzene rings is 1. The van der Waals surface area contributed by atoms with Crippen molar-refractivity contribution in [1.82, 2.24) is 15.4 Å². The molecule has 0 unspecified atom stereocenters. The van der Waals surface area contributed by atoms with E-state index < -0.39 is 0 Å². The lowest BCUT2D eigenvalue weighted by Crippen LogP contribution is -2.17. The highest BCUT2D eigenvalue weighted by Gasteiger charge is 2.18. The fraction of sp³-hybridized carbons (Fsp3) is 0.125. The van der Waals surface area contributed by atoms with Crippen LogP contribution in [0.3, 0.4) is 0 Å². The third kappa shape index (κ3) is 2.86. The molecule has 1 aliphatic rings. The van der Waals surface area contributed by atoms with E-state index in [1.165, 1.54) is 23.9 Å². The van der Waals surface area contributed by atoms with E-state index in [0.717, 1.165) is 15.6 Å². The Labute approximate surface area is 160 Å². The van der Waals surface area contributed by atoms with Gasteiger partial charge in [-0.25, -0.2) is 15.4 Å². The average Bonchev–Trinajstić information content (AvgIpc) is 3.19. The van der Waals surface area contributed by atoms with Crippen LogP contribution >= 0.6 is 27.3 Å². The van der Waals surface area contributed by atoms with Gasteiger partial charge in [0.25, 0.3) is 5.91 Å². The zero-order chi connectivity index (χ0) is 18.3. The van der Waals surface area contributed by atoms with E-state index in [9.17, 15) is 4.79 Å². The summed E-state index contributed by atoms with van der Waals surface area (Å²) in [7, 11) is 0. The number of amides is 1. The summed E-state index contributed by atoms with van der Waals surface area (Å²) in [6.07, 6.45) is 2.91. The predicted molar refractivity (Wildman–Crippen MR) is 102 cm³/mol. The molecule has 3 heterocycles. The molecule has 10 heteroatoms. The van der Waals surface area contributed by atoms with E-state index in [2.05, 4.69) is 36.4 Å². The number of fused-ring (bicyclic) bond motifs is 2. The standard InChI is InChI=1S/C16H12BrN5O3S/c1-7-12-14(18)19-5-20-16(12)26-13(7)15(23)22-21-4-8-2-10-11(3-9(8)17)25-6-24-10/h2-5H,6H2,1H3,(H,22,23)(H2,18,19,20)/b21-4-. The number of carbonyl (C=O) groups is 1. The molecule has 132 valence electrons. The summed E-state index contributed by atoms with van der Waals surface area (Å²) in [5, 5.41) is 4.73. The molecule has 0 spiro atoms. The number of ether oxygens (including phenoxy) is 2.